The molecule has 10 nitrogen and oxygen atoms in total. The Morgan fingerprint density at radius 2 is 1.76 bits per heavy atom. The lowest BCUT2D eigenvalue weighted by Crippen LogP contribution is -2.41. The molecule has 15 heteroatoms. The summed E-state index contributed by atoms with van der Waals surface area (Å²) in [5, 5.41) is 7.37. The zero-order chi connectivity index (χ0) is 36.4. The minimum Gasteiger partial charge on any atom is -0.497 e. The molecule has 50 heavy (non-hydrogen) atoms. The Morgan fingerprint density at radius 3 is 2.40 bits per heavy atom. The van der Waals surface area contributed by atoms with Gasteiger partial charge in [0, 0.05) is 41.7 Å². The van der Waals surface area contributed by atoms with E-state index in [1.807, 2.05) is 0 Å². The molecule has 0 radical (unpaired) electrons. The van der Waals surface area contributed by atoms with Gasteiger partial charge in [0.1, 0.15) is 48.4 Å². The lowest BCUT2D eigenvalue weighted by molar-refractivity contribution is -0.138. The fraction of sp³-hybridized carbons (Fsp3) is 0.400. The second kappa shape index (κ2) is 14.3. The lowest BCUT2D eigenvalue weighted by atomic mass is 10.0. The molecule has 1 unspecified atom stereocenters. The second-order valence-corrected chi connectivity index (χ2v) is 18.2. The van der Waals surface area contributed by atoms with Crippen molar-refractivity contribution in [3.63, 3.8) is 0 Å². The quantitative estimate of drug-likeness (QED) is 0.0911. The van der Waals surface area contributed by atoms with Gasteiger partial charge in [-0.3, -0.25) is 4.79 Å². The van der Waals surface area contributed by atoms with Crippen LogP contribution in [0.3, 0.4) is 0 Å². The number of nitrogens with one attached hydrogen (secondary N) is 1. The molecular weight excluding hydrogens is 674 g/mol. The van der Waals surface area contributed by atoms with Crippen LogP contribution < -0.4 is 24.4 Å². The van der Waals surface area contributed by atoms with Gasteiger partial charge < -0.3 is 28.9 Å². The molecule has 3 aromatic carbocycles. The van der Waals surface area contributed by atoms with Gasteiger partial charge in [-0.1, -0.05) is 20.8 Å². The van der Waals surface area contributed by atoms with Gasteiger partial charge in [-0.25, -0.2) is 14.1 Å². The molecule has 1 aliphatic rings. The van der Waals surface area contributed by atoms with Crippen LogP contribution in [0.25, 0.3) is 5.69 Å². The molecule has 0 aliphatic carbocycles. The number of anilines is 2. The Balaban J connectivity index is 1.55. The third-order valence-electron chi connectivity index (χ3n) is 9.13. The molecule has 1 aromatic heterocycles. The molecule has 1 amide bonds. The maximum absolute atomic E-state index is 14.8. The van der Waals surface area contributed by atoms with Gasteiger partial charge in [0.15, 0.2) is 8.32 Å². The fourth-order valence-corrected chi connectivity index (χ4v) is 6.45. The summed E-state index contributed by atoms with van der Waals surface area (Å²) in [4.78, 5) is 19.9. The minimum absolute atomic E-state index is 0.0394. The largest absolute Gasteiger partial charge is 0.497 e. The van der Waals surface area contributed by atoms with Crippen LogP contribution in [0.5, 0.6) is 17.2 Å². The van der Waals surface area contributed by atoms with Gasteiger partial charge in [0.2, 0.25) is 0 Å². The first-order chi connectivity index (χ1) is 23.5. The third-order valence-corrected chi connectivity index (χ3v) is 13.7. The van der Waals surface area contributed by atoms with Crippen LogP contribution in [-0.2, 0) is 21.8 Å². The van der Waals surface area contributed by atoms with Gasteiger partial charge in [0.05, 0.1) is 32.1 Å². The molecule has 1 atom stereocenters. The molecule has 5 rings (SSSR count). The number of carbonyl (C=O) groups is 1. The first-order valence-electron chi connectivity index (χ1n) is 16.0. The zero-order valence-electron chi connectivity index (χ0n) is 29.0. The van der Waals surface area contributed by atoms with Crippen molar-refractivity contribution in [2.75, 3.05) is 44.2 Å². The number of benzene rings is 3. The highest BCUT2D eigenvalue weighted by atomic mass is 28.4. The van der Waals surface area contributed by atoms with E-state index >= 15 is 0 Å². The van der Waals surface area contributed by atoms with Crippen molar-refractivity contribution in [1.82, 2.24) is 14.8 Å². The maximum Gasteiger partial charge on any atom is 0.420 e. The van der Waals surface area contributed by atoms with E-state index in [9.17, 15) is 22.4 Å². The number of halogens is 4. The van der Waals surface area contributed by atoms with Gasteiger partial charge in [-0.05, 0) is 60.4 Å². The number of rotatable bonds is 12. The Hall–Kier alpha value is -4.63. The molecule has 2 heterocycles. The monoisotopic (exact) mass is 715 g/mol. The third kappa shape index (κ3) is 7.88. The Kier molecular flexibility index (Phi) is 10.5. The number of fused-ring (bicyclic) bond motifs is 1. The van der Waals surface area contributed by atoms with E-state index < -0.39 is 37.8 Å². The normalized spacial score (nSPS) is 13.9. The summed E-state index contributed by atoms with van der Waals surface area (Å²) >= 11 is 0. The Morgan fingerprint density at radius 1 is 1.00 bits per heavy atom. The average molecular weight is 716 g/mol. The molecule has 0 saturated carbocycles. The maximum atomic E-state index is 14.8. The number of alkyl halides is 3. The number of carbonyl (C=O) groups excluding carboxylic acids is 1. The van der Waals surface area contributed by atoms with E-state index in [0.29, 0.717) is 29.1 Å². The van der Waals surface area contributed by atoms with Gasteiger partial charge in [-0.15, -0.1) is 0 Å². The number of hydrogen-bond acceptors (Lipinski definition) is 8. The summed E-state index contributed by atoms with van der Waals surface area (Å²) in [6.07, 6.45) is -1.56. The topological polar surface area (TPSA) is 100.0 Å². The van der Waals surface area contributed by atoms with E-state index in [4.69, 9.17) is 18.6 Å². The molecule has 1 N–H and O–H groups in total. The summed E-state index contributed by atoms with van der Waals surface area (Å²) in [5.41, 5.74) is 0.871. The van der Waals surface area contributed by atoms with Crippen LogP contribution in [0, 0.1) is 5.82 Å². The number of hydrogen-bond donors (Lipinski definition) is 1. The van der Waals surface area contributed by atoms with Gasteiger partial charge >= 0.3 is 6.18 Å². The van der Waals surface area contributed by atoms with E-state index in [1.165, 1.54) is 60.7 Å². The molecule has 0 spiro atoms. The van der Waals surface area contributed by atoms with Crippen molar-refractivity contribution < 1.29 is 41.0 Å². The molecular formula is C35H41F4N5O5Si. The zero-order valence-corrected chi connectivity index (χ0v) is 30.0. The number of amides is 1. The number of nitrogens with zero attached hydrogens (tertiary/aromatic N) is 4. The van der Waals surface area contributed by atoms with Crippen molar-refractivity contribution >= 4 is 25.6 Å². The van der Waals surface area contributed by atoms with Crippen molar-refractivity contribution in [3.8, 4) is 22.9 Å². The smallest absolute Gasteiger partial charge is 0.420 e. The summed E-state index contributed by atoms with van der Waals surface area (Å²) in [6.45, 7) is 11.0. The van der Waals surface area contributed by atoms with Crippen molar-refractivity contribution in [1.29, 1.82) is 0 Å². The average Bonchev–Trinajstić information content (AvgIpc) is 3.74. The van der Waals surface area contributed by atoms with E-state index in [0.717, 1.165) is 6.07 Å². The summed E-state index contributed by atoms with van der Waals surface area (Å²) in [5.74, 6) is -0.992. The SMILES string of the molecule is COc1cc(NC(C(=O)N2CCc3cc(OC)c(C(F)(F)F)cc32)c2ccc(F)cc2OCCO[Si](C)(C)C(C)(C)C)cc(-n2cncn2)c1. The molecule has 268 valence electrons. The second-order valence-electron chi connectivity index (χ2n) is 13.4. The molecule has 0 fully saturated rings. The van der Waals surface area contributed by atoms with Crippen LogP contribution in [0.2, 0.25) is 18.1 Å². The molecule has 1 aliphatic heterocycles. The predicted octanol–water partition coefficient (Wildman–Crippen LogP) is 7.59. The highest BCUT2D eigenvalue weighted by molar-refractivity contribution is 6.74. The summed E-state index contributed by atoms with van der Waals surface area (Å²) in [7, 11) is 0.543. The highest BCUT2D eigenvalue weighted by Gasteiger charge is 2.40. The van der Waals surface area contributed by atoms with Crippen molar-refractivity contribution in [2.45, 2.75) is 57.5 Å². The Bertz CT molecular complexity index is 1830. The number of methoxy groups -OCH3 is 2. The van der Waals surface area contributed by atoms with Crippen molar-refractivity contribution in [2.24, 2.45) is 0 Å². The van der Waals surface area contributed by atoms with Gasteiger partial charge in [0.25, 0.3) is 5.91 Å². The first kappa shape index (κ1) is 36.6. The van der Waals surface area contributed by atoms with E-state index in [2.05, 4.69) is 49.3 Å². The van der Waals surface area contributed by atoms with Gasteiger partial charge in [-0.2, -0.15) is 18.3 Å². The van der Waals surface area contributed by atoms with Crippen LogP contribution in [0.15, 0.2) is 61.2 Å². The predicted molar refractivity (Wildman–Crippen MR) is 183 cm³/mol. The standard InChI is InChI=1S/C35H41F4N5O5Si/c1-34(2,3)50(6,7)49-13-12-48-30-15-23(36)8-9-27(30)32(42-24-16-25(18-26(17-24)46-4)44-21-40-20-41-44)33(45)43-11-10-22-14-31(47-5)28(19-29(22)43)35(37,38)39/h8-9,14-21,32,42H,10-13H2,1-7H3. The van der Waals surface area contributed by atoms with E-state index in [1.54, 1.807) is 18.2 Å². The Labute approximate surface area is 289 Å². The van der Waals surface area contributed by atoms with Crippen LogP contribution in [0.1, 0.15) is 43.5 Å². The minimum atomic E-state index is -4.72. The highest BCUT2D eigenvalue weighted by Crippen LogP contribution is 2.44. The molecule has 0 saturated heterocycles. The summed E-state index contributed by atoms with van der Waals surface area (Å²) in [6, 6.07) is 9.90. The number of ether oxygens (including phenoxy) is 3. The summed E-state index contributed by atoms with van der Waals surface area (Å²) < 4.78 is 81.3. The first-order valence-corrected chi connectivity index (χ1v) is 18.9. The van der Waals surface area contributed by atoms with Crippen LogP contribution >= 0.6 is 0 Å². The van der Waals surface area contributed by atoms with Crippen LogP contribution in [-0.4, -0.2) is 63.0 Å². The van der Waals surface area contributed by atoms with Crippen molar-refractivity contribution in [3.05, 3.63) is 83.7 Å². The number of aromatic nitrogens is 3. The molecule has 4 aromatic rings. The van der Waals surface area contributed by atoms with E-state index in [-0.39, 0.29) is 47.5 Å². The lowest BCUT2D eigenvalue weighted by Gasteiger charge is -2.36. The van der Waals surface area contributed by atoms with Crippen LogP contribution in [0.4, 0.5) is 28.9 Å². The fourth-order valence-electron chi connectivity index (χ4n) is 5.42. The molecule has 0 bridgehead atoms.